The van der Waals surface area contributed by atoms with Crippen LogP contribution in [0.3, 0.4) is 0 Å². The summed E-state index contributed by atoms with van der Waals surface area (Å²) >= 11 is 0. The van der Waals surface area contributed by atoms with Crippen LogP contribution in [-0.4, -0.2) is 19.3 Å². The number of hydrogen-bond donors (Lipinski definition) is 0. The van der Waals surface area contributed by atoms with Gasteiger partial charge >= 0.3 is 12.1 Å². The van der Waals surface area contributed by atoms with E-state index in [4.69, 9.17) is 0 Å². The van der Waals surface area contributed by atoms with Gasteiger partial charge in [-0.2, -0.15) is 13.2 Å². The van der Waals surface area contributed by atoms with Crippen molar-refractivity contribution in [3.8, 4) is 0 Å². The number of methoxy groups -OCH3 is 1. The molecule has 13 heavy (non-hydrogen) atoms. The molecule has 0 N–H and O–H groups in total. The average molecular weight is 196 g/mol. The molecule has 1 aliphatic carbocycles. The molecule has 0 aromatic carbocycles. The molecule has 0 heterocycles. The minimum absolute atomic E-state index is 0.0449. The van der Waals surface area contributed by atoms with E-state index < -0.39 is 24.0 Å². The number of esters is 1. The Kier molecular flexibility index (Phi) is 2.83. The molecule has 1 saturated carbocycles. The van der Waals surface area contributed by atoms with E-state index in [1.807, 2.05) is 0 Å². The van der Waals surface area contributed by atoms with Crippen LogP contribution >= 0.6 is 0 Å². The van der Waals surface area contributed by atoms with Gasteiger partial charge in [-0.05, 0) is 19.3 Å². The van der Waals surface area contributed by atoms with Crippen molar-refractivity contribution in [2.24, 2.45) is 11.8 Å². The fourth-order valence-corrected chi connectivity index (χ4v) is 1.66. The quantitative estimate of drug-likeness (QED) is 0.600. The second-order valence-corrected chi connectivity index (χ2v) is 3.27. The van der Waals surface area contributed by atoms with Crippen molar-refractivity contribution in [2.75, 3.05) is 7.11 Å². The Morgan fingerprint density at radius 3 is 2.38 bits per heavy atom. The second kappa shape index (κ2) is 3.55. The zero-order valence-corrected chi connectivity index (χ0v) is 7.23. The molecular weight excluding hydrogens is 185 g/mol. The molecule has 0 saturated heterocycles. The third-order valence-electron chi connectivity index (χ3n) is 2.43. The number of carbonyl (C=O) groups excluding carboxylic acids is 1. The van der Waals surface area contributed by atoms with Gasteiger partial charge in [-0.25, -0.2) is 0 Å². The lowest BCUT2D eigenvalue weighted by Crippen LogP contribution is -2.21. The van der Waals surface area contributed by atoms with Crippen molar-refractivity contribution in [3.05, 3.63) is 0 Å². The van der Waals surface area contributed by atoms with Crippen molar-refractivity contribution >= 4 is 5.97 Å². The van der Waals surface area contributed by atoms with E-state index in [1.54, 1.807) is 0 Å². The number of carbonyl (C=O) groups is 1. The van der Waals surface area contributed by atoms with E-state index in [0.29, 0.717) is 0 Å². The lowest BCUT2D eigenvalue weighted by Gasteiger charge is -2.13. The highest BCUT2D eigenvalue weighted by Gasteiger charge is 2.45. The molecule has 1 aliphatic rings. The Morgan fingerprint density at radius 1 is 1.38 bits per heavy atom. The largest absolute Gasteiger partial charge is 0.469 e. The van der Waals surface area contributed by atoms with Gasteiger partial charge in [0.25, 0.3) is 0 Å². The molecular formula is C8H11F3O2. The number of ether oxygens (including phenoxy) is 1. The van der Waals surface area contributed by atoms with E-state index >= 15 is 0 Å². The van der Waals surface area contributed by atoms with E-state index in [1.165, 1.54) is 7.11 Å². The Hall–Kier alpha value is -0.740. The number of hydrogen-bond acceptors (Lipinski definition) is 2. The molecule has 0 spiro atoms. The molecule has 0 amide bonds. The number of halogens is 3. The molecule has 2 nitrogen and oxygen atoms in total. The van der Waals surface area contributed by atoms with Crippen LogP contribution < -0.4 is 0 Å². The molecule has 5 heteroatoms. The maximum Gasteiger partial charge on any atom is 0.391 e. The summed E-state index contributed by atoms with van der Waals surface area (Å²) in [7, 11) is 1.20. The first-order valence-electron chi connectivity index (χ1n) is 4.09. The highest BCUT2D eigenvalue weighted by atomic mass is 19.4. The second-order valence-electron chi connectivity index (χ2n) is 3.27. The summed E-state index contributed by atoms with van der Waals surface area (Å²) in [5.41, 5.74) is 0. The van der Waals surface area contributed by atoms with Crippen molar-refractivity contribution < 1.29 is 22.7 Å². The van der Waals surface area contributed by atoms with Crippen molar-refractivity contribution in [1.29, 1.82) is 0 Å². The minimum Gasteiger partial charge on any atom is -0.469 e. The standard InChI is InChI=1S/C8H11F3O2/c1-13-7(12)5-2-3-6(4-5)8(9,10)11/h5-6H,2-4H2,1H3/t5-,6+/m0/s1. The Labute approximate surface area is 74.1 Å². The molecule has 2 atom stereocenters. The first-order valence-corrected chi connectivity index (χ1v) is 4.09. The van der Waals surface area contributed by atoms with Gasteiger partial charge in [0.15, 0.2) is 0 Å². The van der Waals surface area contributed by atoms with Gasteiger partial charge in [0.1, 0.15) is 0 Å². The third-order valence-corrected chi connectivity index (χ3v) is 2.43. The lowest BCUT2D eigenvalue weighted by atomic mass is 10.1. The van der Waals surface area contributed by atoms with Crippen LogP contribution in [0.25, 0.3) is 0 Å². The van der Waals surface area contributed by atoms with E-state index in [2.05, 4.69) is 4.74 Å². The monoisotopic (exact) mass is 196 g/mol. The summed E-state index contributed by atoms with van der Waals surface area (Å²) in [4.78, 5) is 10.9. The average Bonchev–Trinajstić information content (AvgIpc) is 2.50. The first-order chi connectivity index (χ1) is 5.95. The van der Waals surface area contributed by atoms with Crippen LogP contribution in [0, 0.1) is 11.8 Å². The van der Waals surface area contributed by atoms with Crippen molar-refractivity contribution in [3.63, 3.8) is 0 Å². The molecule has 0 unspecified atom stereocenters. The lowest BCUT2D eigenvalue weighted by molar-refractivity contribution is -0.174. The Balaban J connectivity index is 2.50. The van der Waals surface area contributed by atoms with E-state index in [-0.39, 0.29) is 19.3 Å². The van der Waals surface area contributed by atoms with Crippen molar-refractivity contribution in [2.45, 2.75) is 25.4 Å². The molecule has 0 aromatic rings. The molecule has 1 rings (SSSR count). The molecule has 1 fully saturated rings. The molecule has 0 aliphatic heterocycles. The third kappa shape index (κ3) is 2.35. The highest BCUT2D eigenvalue weighted by molar-refractivity contribution is 5.72. The maximum atomic E-state index is 12.1. The molecule has 0 aromatic heterocycles. The van der Waals surface area contributed by atoms with Gasteiger partial charge in [0.05, 0.1) is 18.9 Å². The molecule has 0 radical (unpaired) electrons. The van der Waals surface area contributed by atoms with Crippen LogP contribution in [0.15, 0.2) is 0 Å². The van der Waals surface area contributed by atoms with Gasteiger partial charge < -0.3 is 4.74 Å². The number of alkyl halides is 3. The summed E-state index contributed by atoms with van der Waals surface area (Å²) < 4.78 is 40.8. The fourth-order valence-electron chi connectivity index (χ4n) is 1.66. The van der Waals surface area contributed by atoms with Crippen LogP contribution in [0.1, 0.15) is 19.3 Å². The van der Waals surface area contributed by atoms with Crippen LogP contribution in [-0.2, 0) is 9.53 Å². The van der Waals surface area contributed by atoms with Crippen LogP contribution in [0.2, 0.25) is 0 Å². The van der Waals surface area contributed by atoms with Gasteiger partial charge in [0, 0.05) is 0 Å². The predicted octanol–water partition coefficient (Wildman–Crippen LogP) is 2.14. The smallest absolute Gasteiger partial charge is 0.391 e. The van der Waals surface area contributed by atoms with Gasteiger partial charge in [0.2, 0.25) is 0 Å². The van der Waals surface area contributed by atoms with Gasteiger partial charge in [-0.1, -0.05) is 0 Å². The normalized spacial score (nSPS) is 28.9. The Morgan fingerprint density at radius 2 is 2.00 bits per heavy atom. The molecule has 76 valence electrons. The Bertz CT molecular complexity index is 200. The topological polar surface area (TPSA) is 26.3 Å². The van der Waals surface area contributed by atoms with Gasteiger partial charge in [-0.15, -0.1) is 0 Å². The molecule has 0 bridgehead atoms. The summed E-state index contributed by atoms with van der Waals surface area (Å²) in [5, 5.41) is 0. The number of rotatable bonds is 1. The van der Waals surface area contributed by atoms with Crippen LogP contribution in [0.5, 0.6) is 0 Å². The minimum atomic E-state index is -4.16. The summed E-state index contributed by atoms with van der Waals surface area (Å²) in [5.74, 6) is -2.40. The van der Waals surface area contributed by atoms with E-state index in [9.17, 15) is 18.0 Å². The summed E-state index contributed by atoms with van der Waals surface area (Å²) in [6, 6.07) is 0. The predicted molar refractivity (Wildman–Crippen MR) is 38.9 cm³/mol. The first kappa shape index (κ1) is 10.3. The zero-order valence-electron chi connectivity index (χ0n) is 7.23. The highest BCUT2D eigenvalue weighted by Crippen LogP contribution is 2.41. The summed E-state index contributed by atoms with van der Waals surface area (Å²) in [6.07, 6.45) is -3.95. The van der Waals surface area contributed by atoms with Crippen molar-refractivity contribution in [1.82, 2.24) is 0 Å². The SMILES string of the molecule is COC(=O)[C@H]1CC[C@@H](C(F)(F)F)C1. The maximum absolute atomic E-state index is 12.1. The fraction of sp³-hybridized carbons (Fsp3) is 0.875. The van der Waals surface area contributed by atoms with Crippen LogP contribution in [0.4, 0.5) is 13.2 Å². The van der Waals surface area contributed by atoms with Gasteiger partial charge in [-0.3, -0.25) is 4.79 Å². The van der Waals surface area contributed by atoms with E-state index in [0.717, 1.165) is 0 Å². The summed E-state index contributed by atoms with van der Waals surface area (Å²) in [6.45, 7) is 0. The zero-order chi connectivity index (χ0) is 10.1.